The molecule has 0 saturated heterocycles. The van der Waals surface area contributed by atoms with E-state index in [2.05, 4.69) is 0 Å². The molecule has 1 rings (SSSR count). The summed E-state index contributed by atoms with van der Waals surface area (Å²) in [5.41, 5.74) is 7.15. The topological polar surface area (TPSA) is 53.7 Å². The van der Waals surface area contributed by atoms with Gasteiger partial charge in [-0.2, -0.15) is 0 Å². The van der Waals surface area contributed by atoms with E-state index >= 15 is 0 Å². The Morgan fingerprint density at radius 3 is 1.93 bits per heavy atom. The summed E-state index contributed by atoms with van der Waals surface area (Å²) in [7, 11) is 4.80. The first-order chi connectivity index (χ1) is 6.72. The summed E-state index contributed by atoms with van der Waals surface area (Å²) in [6.45, 7) is 0.437. The highest BCUT2D eigenvalue weighted by Gasteiger charge is 2.10. The Morgan fingerprint density at radius 2 is 1.57 bits per heavy atom. The molecule has 0 bridgehead atoms. The Labute approximate surface area is 83.6 Å². The zero-order valence-electron chi connectivity index (χ0n) is 8.66. The molecule has 0 unspecified atom stereocenters. The number of nitrogen functional groups attached to an aromatic ring is 1. The fourth-order valence-corrected chi connectivity index (χ4v) is 1.29. The van der Waals surface area contributed by atoms with Crippen LogP contribution < -0.4 is 15.2 Å². The number of nitrogens with two attached hydrogens (primary N) is 1. The van der Waals surface area contributed by atoms with Gasteiger partial charge in [-0.15, -0.1) is 0 Å². The van der Waals surface area contributed by atoms with Crippen LogP contribution in [0.2, 0.25) is 0 Å². The summed E-state index contributed by atoms with van der Waals surface area (Å²) >= 11 is 0. The summed E-state index contributed by atoms with van der Waals surface area (Å²) < 4.78 is 15.4. The van der Waals surface area contributed by atoms with Crippen LogP contribution in [-0.4, -0.2) is 21.3 Å². The molecule has 0 aliphatic carbocycles. The van der Waals surface area contributed by atoms with Gasteiger partial charge in [0, 0.05) is 24.9 Å². The van der Waals surface area contributed by atoms with E-state index in [0.717, 1.165) is 5.56 Å². The number of methoxy groups -OCH3 is 3. The summed E-state index contributed by atoms with van der Waals surface area (Å²) in [6, 6.07) is 3.49. The molecule has 1 aromatic rings. The van der Waals surface area contributed by atoms with Crippen LogP contribution in [-0.2, 0) is 11.3 Å². The molecule has 4 nitrogen and oxygen atoms in total. The summed E-state index contributed by atoms with van der Waals surface area (Å²) in [4.78, 5) is 0. The molecule has 0 spiro atoms. The molecule has 0 radical (unpaired) electrons. The van der Waals surface area contributed by atoms with E-state index in [4.69, 9.17) is 19.9 Å². The van der Waals surface area contributed by atoms with Gasteiger partial charge in [-0.3, -0.25) is 0 Å². The van der Waals surface area contributed by atoms with Crippen LogP contribution in [0.3, 0.4) is 0 Å². The van der Waals surface area contributed by atoms with Gasteiger partial charge in [0.25, 0.3) is 0 Å². The Kier molecular flexibility index (Phi) is 3.59. The minimum atomic E-state index is 0.437. The van der Waals surface area contributed by atoms with Crippen molar-refractivity contribution in [3.05, 3.63) is 17.7 Å². The van der Waals surface area contributed by atoms with E-state index < -0.39 is 0 Å². The van der Waals surface area contributed by atoms with Crippen LogP contribution in [0.15, 0.2) is 12.1 Å². The summed E-state index contributed by atoms with van der Waals surface area (Å²) in [5, 5.41) is 0. The lowest BCUT2D eigenvalue weighted by atomic mass is 10.1. The van der Waals surface area contributed by atoms with Crippen molar-refractivity contribution in [3.63, 3.8) is 0 Å². The smallest absolute Gasteiger partial charge is 0.130 e. The minimum absolute atomic E-state index is 0.437. The summed E-state index contributed by atoms with van der Waals surface area (Å²) in [6.07, 6.45) is 0. The molecule has 0 aliphatic rings. The Hall–Kier alpha value is -1.42. The molecule has 0 aliphatic heterocycles. The molecule has 0 atom stereocenters. The Balaban J connectivity index is 3.18. The van der Waals surface area contributed by atoms with Gasteiger partial charge in [-0.1, -0.05) is 0 Å². The van der Waals surface area contributed by atoms with Crippen molar-refractivity contribution in [2.45, 2.75) is 6.61 Å². The van der Waals surface area contributed by atoms with Crippen molar-refractivity contribution in [1.82, 2.24) is 0 Å². The van der Waals surface area contributed by atoms with Crippen molar-refractivity contribution >= 4 is 5.69 Å². The maximum Gasteiger partial charge on any atom is 0.130 e. The van der Waals surface area contributed by atoms with Gasteiger partial charge in [-0.25, -0.2) is 0 Å². The average Bonchev–Trinajstić information content (AvgIpc) is 2.20. The van der Waals surface area contributed by atoms with Gasteiger partial charge >= 0.3 is 0 Å². The minimum Gasteiger partial charge on any atom is -0.496 e. The number of rotatable bonds is 4. The van der Waals surface area contributed by atoms with Crippen LogP contribution in [0.25, 0.3) is 0 Å². The second-order valence-corrected chi connectivity index (χ2v) is 2.84. The maximum atomic E-state index is 5.67. The number of ether oxygens (including phenoxy) is 3. The molecule has 14 heavy (non-hydrogen) atoms. The van der Waals surface area contributed by atoms with Crippen molar-refractivity contribution in [3.8, 4) is 11.5 Å². The lowest BCUT2D eigenvalue weighted by Crippen LogP contribution is -2.00. The van der Waals surface area contributed by atoms with Crippen LogP contribution in [0, 0.1) is 0 Å². The molecular weight excluding hydrogens is 182 g/mol. The molecule has 4 heteroatoms. The highest BCUT2D eigenvalue weighted by atomic mass is 16.5. The third kappa shape index (κ3) is 2.09. The van der Waals surface area contributed by atoms with Crippen molar-refractivity contribution in [1.29, 1.82) is 0 Å². The van der Waals surface area contributed by atoms with Gasteiger partial charge in [0.15, 0.2) is 0 Å². The lowest BCUT2D eigenvalue weighted by Gasteiger charge is -2.13. The molecule has 0 saturated carbocycles. The fourth-order valence-electron chi connectivity index (χ4n) is 1.29. The second-order valence-electron chi connectivity index (χ2n) is 2.84. The quantitative estimate of drug-likeness (QED) is 0.742. The first kappa shape index (κ1) is 10.7. The molecule has 0 aromatic heterocycles. The maximum absolute atomic E-state index is 5.67. The van der Waals surface area contributed by atoms with Crippen LogP contribution >= 0.6 is 0 Å². The number of hydrogen-bond acceptors (Lipinski definition) is 4. The molecule has 0 amide bonds. The first-order valence-electron chi connectivity index (χ1n) is 4.22. The Morgan fingerprint density at radius 1 is 1.07 bits per heavy atom. The van der Waals surface area contributed by atoms with E-state index in [0.29, 0.717) is 23.8 Å². The van der Waals surface area contributed by atoms with Gasteiger partial charge in [0.05, 0.1) is 26.4 Å². The standard InChI is InChI=1S/C10H15NO3/c1-12-6-8-9(13-2)4-7(11)5-10(8)14-3/h4-5H,6,11H2,1-3H3. The molecule has 0 heterocycles. The predicted molar refractivity (Wildman–Crippen MR) is 54.7 cm³/mol. The second kappa shape index (κ2) is 4.72. The van der Waals surface area contributed by atoms with Gasteiger partial charge < -0.3 is 19.9 Å². The third-order valence-electron chi connectivity index (χ3n) is 1.92. The third-order valence-corrected chi connectivity index (χ3v) is 1.92. The molecule has 1 aromatic carbocycles. The van der Waals surface area contributed by atoms with E-state index in [9.17, 15) is 0 Å². The zero-order valence-corrected chi connectivity index (χ0v) is 8.66. The van der Waals surface area contributed by atoms with E-state index in [1.54, 1.807) is 33.5 Å². The first-order valence-corrected chi connectivity index (χ1v) is 4.22. The SMILES string of the molecule is COCc1c(OC)cc(N)cc1OC. The van der Waals surface area contributed by atoms with Gasteiger partial charge in [0.2, 0.25) is 0 Å². The van der Waals surface area contributed by atoms with Crippen LogP contribution in [0.4, 0.5) is 5.69 Å². The Bertz CT molecular complexity index is 287. The van der Waals surface area contributed by atoms with E-state index in [1.165, 1.54) is 0 Å². The zero-order chi connectivity index (χ0) is 10.6. The normalized spacial score (nSPS) is 9.93. The van der Waals surface area contributed by atoms with Crippen molar-refractivity contribution < 1.29 is 14.2 Å². The van der Waals surface area contributed by atoms with E-state index in [-0.39, 0.29) is 0 Å². The molecule has 78 valence electrons. The monoisotopic (exact) mass is 197 g/mol. The predicted octanol–water partition coefficient (Wildman–Crippen LogP) is 1.43. The fraction of sp³-hybridized carbons (Fsp3) is 0.400. The number of benzene rings is 1. The molecule has 2 N–H and O–H groups in total. The van der Waals surface area contributed by atoms with Gasteiger partial charge in [-0.05, 0) is 0 Å². The highest BCUT2D eigenvalue weighted by Crippen LogP contribution is 2.31. The number of anilines is 1. The largest absolute Gasteiger partial charge is 0.496 e. The van der Waals surface area contributed by atoms with Crippen LogP contribution in [0.1, 0.15) is 5.56 Å². The summed E-state index contributed by atoms with van der Waals surface area (Å²) in [5.74, 6) is 1.37. The van der Waals surface area contributed by atoms with Crippen LogP contribution in [0.5, 0.6) is 11.5 Å². The lowest BCUT2D eigenvalue weighted by molar-refractivity contribution is 0.178. The highest BCUT2D eigenvalue weighted by molar-refractivity contribution is 5.56. The van der Waals surface area contributed by atoms with Crippen molar-refractivity contribution in [2.75, 3.05) is 27.1 Å². The average molecular weight is 197 g/mol. The van der Waals surface area contributed by atoms with Crippen molar-refractivity contribution in [2.24, 2.45) is 0 Å². The molecule has 0 fully saturated rings. The number of hydrogen-bond donors (Lipinski definition) is 1. The van der Waals surface area contributed by atoms with E-state index in [1.807, 2.05) is 0 Å². The van der Waals surface area contributed by atoms with Gasteiger partial charge in [0.1, 0.15) is 11.5 Å². The molecular formula is C10H15NO3.